The summed E-state index contributed by atoms with van der Waals surface area (Å²) in [6.07, 6.45) is 4.14. The van der Waals surface area contributed by atoms with Crippen molar-refractivity contribution in [3.8, 4) is 11.1 Å². The van der Waals surface area contributed by atoms with Gasteiger partial charge in [-0.15, -0.1) is 0 Å². The van der Waals surface area contributed by atoms with E-state index in [0.29, 0.717) is 18.9 Å². The van der Waals surface area contributed by atoms with Crippen molar-refractivity contribution in [2.24, 2.45) is 0 Å². The van der Waals surface area contributed by atoms with Crippen molar-refractivity contribution >= 4 is 5.95 Å². The van der Waals surface area contributed by atoms with Crippen LogP contribution in [0.3, 0.4) is 0 Å². The molecule has 3 heterocycles. The molecule has 0 radical (unpaired) electrons. The average Bonchev–Trinajstić information content (AvgIpc) is 3.08. The number of hydrogen-bond acceptors (Lipinski definition) is 5. The zero-order valence-corrected chi connectivity index (χ0v) is 13.2. The lowest BCUT2D eigenvalue weighted by Crippen LogP contribution is -2.31. The number of fused-ring (bicyclic) bond motifs is 1. The molecule has 2 aromatic heterocycles. The first-order chi connectivity index (χ1) is 11.6. The van der Waals surface area contributed by atoms with E-state index in [2.05, 4.69) is 25.5 Å². The lowest BCUT2D eigenvalue weighted by atomic mass is 9.90. The predicted octanol–water partition coefficient (Wildman–Crippen LogP) is 2.28. The van der Waals surface area contributed by atoms with Crippen LogP contribution in [0.5, 0.6) is 0 Å². The second-order valence-corrected chi connectivity index (χ2v) is 5.95. The third kappa shape index (κ3) is 2.52. The summed E-state index contributed by atoms with van der Waals surface area (Å²) in [5.74, 6) is 0.0228. The van der Waals surface area contributed by atoms with Crippen LogP contribution in [-0.4, -0.2) is 20.2 Å². The summed E-state index contributed by atoms with van der Waals surface area (Å²) in [5.41, 5.74) is 11.4. The first kappa shape index (κ1) is 14.8. The monoisotopic (exact) mass is 324 g/mol. The predicted molar refractivity (Wildman–Crippen MR) is 88.4 cm³/mol. The van der Waals surface area contributed by atoms with Crippen molar-refractivity contribution in [1.82, 2.24) is 25.5 Å². The first-order valence-electron chi connectivity index (χ1n) is 7.75. The van der Waals surface area contributed by atoms with Gasteiger partial charge in [-0.1, -0.05) is 6.07 Å². The molecule has 0 aliphatic carbocycles. The fourth-order valence-corrected chi connectivity index (χ4v) is 3.27. The van der Waals surface area contributed by atoms with Gasteiger partial charge in [-0.3, -0.25) is 5.10 Å². The van der Waals surface area contributed by atoms with Crippen LogP contribution in [0, 0.1) is 12.7 Å². The molecule has 24 heavy (non-hydrogen) atoms. The Kier molecular flexibility index (Phi) is 3.50. The molecule has 1 aliphatic rings. The molecule has 0 fully saturated rings. The maximum absolute atomic E-state index is 13.8. The Balaban J connectivity index is 1.75. The van der Waals surface area contributed by atoms with E-state index >= 15 is 0 Å². The van der Waals surface area contributed by atoms with Crippen LogP contribution in [0.4, 0.5) is 10.3 Å². The maximum Gasteiger partial charge on any atom is 0.220 e. The standard InChI is InChI=1S/C17H17FN6/c1-9-14-8-20-15(5-16(14)24-17(19)23-9)12-3-2-11(18)4-13(12)10-6-21-22-7-10/h2-4,6-7,15,20H,5,8H2,1H3,(H,21,22)(H2,19,23,24). The van der Waals surface area contributed by atoms with Gasteiger partial charge in [-0.2, -0.15) is 5.10 Å². The number of halogens is 1. The normalized spacial score (nSPS) is 16.8. The molecule has 7 heteroatoms. The highest BCUT2D eigenvalue weighted by Crippen LogP contribution is 2.33. The van der Waals surface area contributed by atoms with Crippen molar-refractivity contribution in [2.75, 3.05) is 5.73 Å². The Labute approximate surface area is 138 Å². The van der Waals surface area contributed by atoms with E-state index in [9.17, 15) is 4.39 Å². The number of benzene rings is 1. The largest absolute Gasteiger partial charge is 0.368 e. The molecule has 0 amide bonds. The Bertz CT molecular complexity index is 890. The molecular formula is C17H17FN6. The molecule has 4 rings (SSSR count). The number of nitrogen functional groups attached to an aromatic ring is 1. The summed E-state index contributed by atoms with van der Waals surface area (Å²) in [6.45, 7) is 2.60. The van der Waals surface area contributed by atoms with Crippen LogP contribution in [0.15, 0.2) is 30.6 Å². The quantitative estimate of drug-likeness (QED) is 0.672. The summed E-state index contributed by atoms with van der Waals surface area (Å²) in [5, 5.41) is 10.2. The summed E-state index contributed by atoms with van der Waals surface area (Å²) >= 11 is 0. The van der Waals surface area contributed by atoms with Crippen molar-refractivity contribution in [3.05, 3.63) is 58.9 Å². The lowest BCUT2D eigenvalue weighted by Gasteiger charge is -2.28. The zero-order chi connectivity index (χ0) is 16.7. The molecule has 1 aliphatic heterocycles. The van der Waals surface area contributed by atoms with E-state index in [4.69, 9.17) is 5.73 Å². The van der Waals surface area contributed by atoms with Gasteiger partial charge in [0.05, 0.1) is 11.9 Å². The van der Waals surface area contributed by atoms with Gasteiger partial charge in [-0.25, -0.2) is 14.4 Å². The average molecular weight is 324 g/mol. The number of nitrogens with zero attached hydrogens (tertiary/aromatic N) is 3. The molecule has 4 N–H and O–H groups in total. The fraction of sp³-hybridized carbons (Fsp3) is 0.235. The minimum atomic E-state index is -0.270. The van der Waals surface area contributed by atoms with E-state index in [1.807, 2.05) is 13.0 Å². The highest BCUT2D eigenvalue weighted by molar-refractivity contribution is 5.67. The first-order valence-corrected chi connectivity index (χ1v) is 7.75. The molecule has 1 unspecified atom stereocenters. The van der Waals surface area contributed by atoms with E-state index in [1.54, 1.807) is 12.4 Å². The third-order valence-electron chi connectivity index (χ3n) is 4.44. The second kappa shape index (κ2) is 5.68. The highest BCUT2D eigenvalue weighted by Gasteiger charge is 2.25. The van der Waals surface area contributed by atoms with E-state index < -0.39 is 0 Å². The Morgan fingerprint density at radius 1 is 1.29 bits per heavy atom. The van der Waals surface area contributed by atoms with Crippen molar-refractivity contribution in [2.45, 2.75) is 25.9 Å². The third-order valence-corrected chi connectivity index (χ3v) is 4.44. The maximum atomic E-state index is 13.8. The van der Waals surface area contributed by atoms with E-state index in [0.717, 1.165) is 33.6 Å². The van der Waals surface area contributed by atoms with Crippen LogP contribution < -0.4 is 11.1 Å². The number of hydrogen-bond donors (Lipinski definition) is 3. The Morgan fingerprint density at radius 2 is 2.17 bits per heavy atom. The molecule has 3 aromatic rings. The van der Waals surface area contributed by atoms with Gasteiger partial charge in [0, 0.05) is 42.0 Å². The summed E-state index contributed by atoms with van der Waals surface area (Å²) in [4.78, 5) is 8.61. The van der Waals surface area contributed by atoms with Crippen LogP contribution in [0.25, 0.3) is 11.1 Å². The minimum absolute atomic E-state index is 0.0247. The number of aromatic amines is 1. The molecule has 6 nitrogen and oxygen atoms in total. The molecule has 0 saturated heterocycles. The summed E-state index contributed by atoms with van der Waals surface area (Å²) in [6, 6.07) is 4.86. The lowest BCUT2D eigenvalue weighted by molar-refractivity contribution is 0.487. The van der Waals surface area contributed by atoms with Gasteiger partial charge in [0.25, 0.3) is 0 Å². The summed E-state index contributed by atoms with van der Waals surface area (Å²) in [7, 11) is 0. The number of aryl methyl sites for hydroxylation is 1. The van der Waals surface area contributed by atoms with Gasteiger partial charge in [0.15, 0.2) is 0 Å². The van der Waals surface area contributed by atoms with Gasteiger partial charge < -0.3 is 11.1 Å². The van der Waals surface area contributed by atoms with Gasteiger partial charge in [0.2, 0.25) is 5.95 Å². The van der Waals surface area contributed by atoms with Crippen molar-refractivity contribution < 1.29 is 4.39 Å². The number of rotatable bonds is 2. The molecule has 1 aromatic carbocycles. The highest BCUT2D eigenvalue weighted by atomic mass is 19.1. The van der Waals surface area contributed by atoms with E-state index in [1.165, 1.54) is 12.1 Å². The molecule has 122 valence electrons. The minimum Gasteiger partial charge on any atom is -0.368 e. The van der Waals surface area contributed by atoms with Gasteiger partial charge in [0.1, 0.15) is 5.82 Å². The van der Waals surface area contributed by atoms with Crippen LogP contribution in [-0.2, 0) is 13.0 Å². The van der Waals surface area contributed by atoms with Gasteiger partial charge in [-0.05, 0) is 30.2 Å². The molecule has 1 atom stereocenters. The zero-order valence-electron chi connectivity index (χ0n) is 13.2. The molecule has 0 saturated carbocycles. The second-order valence-electron chi connectivity index (χ2n) is 5.95. The van der Waals surface area contributed by atoms with Crippen molar-refractivity contribution in [1.29, 1.82) is 0 Å². The van der Waals surface area contributed by atoms with Gasteiger partial charge >= 0.3 is 0 Å². The SMILES string of the molecule is Cc1nc(N)nc2c1CNC(c1ccc(F)cc1-c1cn[nH]c1)C2. The topological polar surface area (TPSA) is 92.5 Å². The summed E-state index contributed by atoms with van der Waals surface area (Å²) < 4.78 is 13.8. The molecule has 0 bridgehead atoms. The fourth-order valence-electron chi connectivity index (χ4n) is 3.27. The number of nitrogens with two attached hydrogens (primary N) is 1. The van der Waals surface area contributed by atoms with E-state index in [-0.39, 0.29) is 11.9 Å². The number of H-pyrrole nitrogens is 1. The molecule has 0 spiro atoms. The van der Waals surface area contributed by atoms with Crippen LogP contribution >= 0.6 is 0 Å². The molecular weight excluding hydrogens is 307 g/mol. The Hall–Kier alpha value is -2.80. The smallest absolute Gasteiger partial charge is 0.220 e. The van der Waals surface area contributed by atoms with Crippen LogP contribution in [0.1, 0.15) is 28.6 Å². The Morgan fingerprint density at radius 3 is 2.96 bits per heavy atom. The number of anilines is 1. The van der Waals surface area contributed by atoms with Crippen LogP contribution in [0.2, 0.25) is 0 Å². The van der Waals surface area contributed by atoms with Crippen molar-refractivity contribution in [3.63, 3.8) is 0 Å². The number of nitrogens with one attached hydrogen (secondary N) is 2. The number of aromatic nitrogens is 4.